The maximum absolute atomic E-state index is 5.98. The molecule has 7 heteroatoms. The summed E-state index contributed by atoms with van der Waals surface area (Å²) in [5.74, 6) is 0.621. The Morgan fingerprint density at radius 1 is 1.25 bits per heavy atom. The van der Waals surface area contributed by atoms with Crippen LogP contribution in [0, 0.1) is 6.92 Å². The molecule has 0 radical (unpaired) electrons. The van der Waals surface area contributed by atoms with Gasteiger partial charge in [0, 0.05) is 6.20 Å². The number of nitrogens with zero attached hydrogens (tertiary/aromatic N) is 5. The molecule has 0 aromatic carbocycles. The van der Waals surface area contributed by atoms with Gasteiger partial charge in [0.15, 0.2) is 16.4 Å². The second-order valence-corrected chi connectivity index (χ2v) is 4.09. The molecule has 5 nitrogen and oxygen atoms in total. The summed E-state index contributed by atoms with van der Waals surface area (Å²) < 4.78 is 1.60. The van der Waals surface area contributed by atoms with E-state index in [9.17, 15) is 0 Å². The predicted octanol–water partition coefficient (Wildman–Crippen LogP) is 2.29. The number of aryl methyl sites for hydroxylation is 1. The molecule has 0 aliphatic heterocycles. The van der Waals surface area contributed by atoms with E-state index in [0.29, 0.717) is 27.7 Å². The summed E-state index contributed by atoms with van der Waals surface area (Å²) in [6.07, 6.45) is 1.52. The fourth-order valence-corrected chi connectivity index (χ4v) is 1.88. The first-order valence-electron chi connectivity index (χ1n) is 4.49. The first-order valence-corrected chi connectivity index (χ1v) is 5.25. The molecule has 0 amide bonds. The highest BCUT2D eigenvalue weighted by atomic mass is 35.5. The van der Waals surface area contributed by atoms with E-state index in [-0.39, 0.29) is 5.15 Å². The summed E-state index contributed by atoms with van der Waals surface area (Å²) in [6.45, 7) is 1.78. The highest BCUT2D eigenvalue weighted by molar-refractivity contribution is 6.33. The minimum atomic E-state index is 0.280. The summed E-state index contributed by atoms with van der Waals surface area (Å²) in [4.78, 5) is 12.4. The molecule has 3 aromatic rings. The number of halogens is 2. The molecule has 0 unspecified atom stereocenters. The van der Waals surface area contributed by atoms with Gasteiger partial charge in [-0.25, -0.2) is 19.5 Å². The molecular formula is C9H5Cl2N5. The van der Waals surface area contributed by atoms with Crippen molar-refractivity contribution in [2.75, 3.05) is 0 Å². The average Bonchev–Trinajstić information content (AvgIpc) is 2.62. The summed E-state index contributed by atoms with van der Waals surface area (Å²) >= 11 is 11.9. The molecule has 0 aliphatic rings. The number of aromatic nitrogens is 5. The number of fused-ring (bicyclic) bond motifs is 3. The predicted molar refractivity (Wildman–Crippen MR) is 60.8 cm³/mol. The number of pyridine rings is 1. The van der Waals surface area contributed by atoms with Crippen molar-refractivity contribution < 1.29 is 0 Å². The van der Waals surface area contributed by atoms with E-state index >= 15 is 0 Å². The van der Waals surface area contributed by atoms with Crippen molar-refractivity contribution in [3.8, 4) is 0 Å². The molecule has 0 bridgehead atoms. The molecule has 0 spiro atoms. The maximum Gasteiger partial charge on any atom is 0.194 e. The Labute approximate surface area is 100 Å². The van der Waals surface area contributed by atoms with Crippen molar-refractivity contribution in [2.24, 2.45) is 0 Å². The molecule has 16 heavy (non-hydrogen) atoms. The van der Waals surface area contributed by atoms with E-state index in [2.05, 4.69) is 20.1 Å². The van der Waals surface area contributed by atoms with Gasteiger partial charge in [-0.1, -0.05) is 23.2 Å². The minimum absolute atomic E-state index is 0.280. The zero-order valence-electron chi connectivity index (χ0n) is 8.15. The summed E-state index contributed by atoms with van der Waals surface area (Å²) in [5, 5.41) is 5.03. The molecule has 0 saturated carbocycles. The maximum atomic E-state index is 5.98. The van der Waals surface area contributed by atoms with Crippen LogP contribution in [0.5, 0.6) is 0 Å². The monoisotopic (exact) mass is 253 g/mol. The number of rotatable bonds is 0. The first-order chi connectivity index (χ1) is 7.65. The van der Waals surface area contributed by atoms with Crippen molar-refractivity contribution in [1.82, 2.24) is 24.6 Å². The molecule has 80 valence electrons. The highest BCUT2D eigenvalue weighted by Gasteiger charge is 2.11. The zero-order valence-corrected chi connectivity index (χ0v) is 9.66. The highest BCUT2D eigenvalue weighted by Crippen LogP contribution is 2.20. The second-order valence-electron chi connectivity index (χ2n) is 3.29. The van der Waals surface area contributed by atoms with Crippen LogP contribution in [0.1, 0.15) is 5.82 Å². The third-order valence-corrected chi connectivity index (χ3v) is 2.60. The lowest BCUT2D eigenvalue weighted by Gasteiger charge is -2.00. The molecular weight excluding hydrogens is 249 g/mol. The normalized spacial score (nSPS) is 11.4. The first kappa shape index (κ1) is 9.74. The van der Waals surface area contributed by atoms with Gasteiger partial charge < -0.3 is 0 Å². The Hall–Kier alpha value is -1.46. The van der Waals surface area contributed by atoms with Crippen LogP contribution >= 0.6 is 23.2 Å². The van der Waals surface area contributed by atoms with Gasteiger partial charge in [-0.15, -0.1) is 0 Å². The molecule has 0 atom stereocenters. The average molecular weight is 254 g/mol. The van der Waals surface area contributed by atoms with E-state index in [1.54, 1.807) is 17.5 Å². The van der Waals surface area contributed by atoms with Crippen LogP contribution in [0.2, 0.25) is 10.2 Å². The second kappa shape index (κ2) is 3.26. The van der Waals surface area contributed by atoms with Crippen LogP contribution in [-0.2, 0) is 0 Å². The standard InChI is InChI=1S/C9H5Cl2N5/c1-4-13-9-7(11)14-8-6(16(9)15-4)2-5(10)3-12-8/h2-3H,1H3. The Bertz CT molecular complexity index is 706. The Morgan fingerprint density at radius 3 is 2.88 bits per heavy atom. The van der Waals surface area contributed by atoms with Gasteiger partial charge in [-0.3, -0.25) is 0 Å². The lowest BCUT2D eigenvalue weighted by atomic mass is 10.4. The van der Waals surface area contributed by atoms with Crippen molar-refractivity contribution in [3.05, 3.63) is 28.3 Å². The van der Waals surface area contributed by atoms with E-state index < -0.39 is 0 Å². The van der Waals surface area contributed by atoms with E-state index in [1.165, 1.54) is 6.20 Å². The van der Waals surface area contributed by atoms with Crippen molar-refractivity contribution >= 4 is 40.0 Å². The summed E-state index contributed by atoms with van der Waals surface area (Å²) in [6, 6.07) is 1.73. The van der Waals surface area contributed by atoms with Crippen LogP contribution in [0.4, 0.5) is 0 Å². The Balaban J connectivity index is 2.59. The molecule has 0 fully saturated rings. The molecule has 0 aliphatic carbocycles. The van der Waals surface area contributed by atoms with Gasteiger partial charge in [0.2, 0.25) is 0 Å². The van der Waals surface area contributed by atoms with Gasteiger partial charge in [0.05, 0.1) is 5.02 Å². The summed E-state index contributed by atoms with van der Waals surface area (Å²) in [7, 11) is 0. The molecule has 3 heterocycles. The molecule has 3 rings (SSSR count). The zero-order chi connectivity index (χ0) is 11.3. The minimum Gasteiger partial charge on any atom is -0.234 e. The van der Waals surface area contributed by atoms with Crippen molar-refractivity contribution in [3.63, 3.8) is 0 Å². The SMILES string of the molecule is Cc1nc2c(Cl)nc3ncc(Cl)cc3n2n1. The van der Waals surface area contributed by atoms with Gasteiger partial charge >= 0.3 is 0 Å². The summed E-state index contributed by atoms with van der Waals surface area (Å²) in [5.41, 5.74) is 1.69. The van der Waals surface area contributed by atoms with Gasteiger partial charge in [-0.05, 0) is 13.0 Å². The molecule has 0 saturated heterocycles. The van der Waals surface area contributed by atoms with Crippen LogP contribution in [0.25, 0.3) is 16.8 Å². The van der Waals surface area contributed by atoms with Crippen molar-refractivity contribution in [2.45, 2.75) is 6.92 Å². The topological polar surface area (TPSA) is 56.0 Å². The van der Waals surface area contributed by atoms with Gasteiger partial charge in [0.1, 0.15) is 11.3 Å². The fourth-order valence-electron chi connectivity index (χ4n) is 1.52. The van der Waals surface area contributed by atoms with Crippen LogP contribution in [0.15, 0.2) is 12.3 Å². The van der Waals surface area contributed by atoms with Gasteiger partial charge in [0.25, 0.3) is 0 Å². The lowest BCUT2D eigenvalue weighted by molar-refractivity contribution is 0.956. The third-order valence-electron chi connectivity index (χ3n) is 2.14. The molecule has 0 N–H and O–H groups in total. The molecule has 3 aromatic heterocycles. The fraction of sp³-hybridized carbons (Fsp3) is 0.111. The quantitative estimate of drug-likeness (QED) is 0.617. The van der Waals surface area contributed by atoms with Crippen molar-refractivity contribution in [1.29, 1.82) is 0 Å². The van der Waals surface area contributed by atoms with Gasteiger partial charge in [-0.2, -0.15) is 5.10 Å². The van der Waals surface area contributed by atoms with Crippen LogP contribution in [0.3, 0.4) is 0 Å². The number of hydrogen-bond donors (Lipinski definition) is 0. The van der Waals surface area contributed by atoms with E-state index in [1.807, 2.05) is 0 Å². The third kappa shape index (κ3) is 1.32. The Morgan fingerprint density at radius 2 is 2.06 bits per heavy atom. The largest absolute Gasteiger partial charge is 0.234 e. The van der Waals surface area contributed by atoms with Crippen LogP contribution < -0.4 is 0 Å². The smallest absolute Gasteiger partial charge is 0.194 e. The van der Waals surface area contributed by atoms with E-state index in [0.717, 1.165) is 0 Å². The Kier molecular flexibility index (Phi) is 1.99. The lowest BCUT2D eigenvalue weighted by Crippen LogP contribution is -1.96. The van der Waals surface area contributed by atoms with Crippen LogP contribution in [-0.4, -0.2) is 24.6 Å². The van der Waals surface area contributed by atoms with E-state index in [4.69, 9.17) is 23.2 Å². The number of hydrogen-bond acceptors (Lipinski definition) is 4.